The van der Waals surface area contributed by atoms with Crippen molar-refractivity contribution in [1.82, 2.24) is 0 Å². The summed E-state index contributed by atoms with van der Waals surface area (Å²) in [5.41, 5.74) is 2.52. The third kappa shape index (κ3) is 6.14. The standard InChI is InChI=1S/C24H26O3/c25-24(26)12-3-1-2-7-19-8-6-11-23(18-19)27-16-15-20-13-14-21-9-4-5-10-22(21)17-20/h4-6,8-11,13-14,17-18H,1-3,7,12,15-16H2,(H,25,26). The molecule has 0 saturated heterocycles. The van der Waals surface area contributed by atoms with E-state index in [2.05, 4.69) is 54.6 Å². The van der Waals surface area contributed by atoms with E-state index in [1.165, 1.54) is 21.9 Å². The van der Waals surface area contributed by atoms with Crippen LogP contribution in [-0.4, -0.2) is 17.7 Å². The van der Waals surface area contributed by atoms with Crippen molar-refractivity contribution in [2.24, 2.45) is 0 Å². The molecule has 0 aliphatic carbocycles. The van der Waals surface area contributed by atoms with Crippen molar-refractivity contribution in [2.75, 3.05) is 6.61 Å². The molecule has 3 aromatic rings. The van der Waals surface area contributed by atoms with Gasteiger partial charge in [-0.1, -0.05) is 61.0 Å². The van der Waals surface area contributed by atoms with Crippen LogP contribution in [0, 0.1) is 0 Å². The molecule has 0 saturated carbocycles. The van der Waals surface area contributed by atoms with E-state index in [0.29, 0.717) is 6.61 Å². The zero-order valence-corrected chi connectivity index (χ0v) is 15.6. The second-order valence-electron chi connectivity index (χ2n) is 6.88. The highest BCUT2D eigenvalue weighted by molar-refractivity contribution is 5.82. The van der Waals surface area contributed by atoms with Crippen molar-refractivity contribution in [3.63, 3.8) is 0 Å². The molecule has 0 aliphatic rings. The van der Waals surface area contributed by atoms with Crippen molar-refractivity contribution in [3.8, 4) is 5.75 Å². The zero-order chi connectivity index (χ0) is 18.9. The van der Waals surface area contributed by atoms with Gasteiger partial charge in [-0.15, -0.1) is 0 Å². The van der Waals surface area contributed by atoms with Crippen LogP contribution in [0.3, 0.4) is 0 Å². The fourth-order valence-corrected chi connectivity index (χ4v) is 3.25. The molecule has 1 N–H and O–H groups in total. The highest BCUT2D eigenvalue weighted by Crippen LogP contribution is 2.18. The summed E-state index contributed by atoms with van der Waals surface area (Å²) >= 11 is 0. The molecular formula is C24H26O3. The minimum absolute atomic E-state index is 0.262. The lowest BCUT2D eigenvalue weighted by atomic mass is 10.1. The molecule has 3 rings (SSSR count). The largest absolute Gasteiger partial charge is 0.493 e. The van der Waals surface area contributed by atoms with E-state index in [9.17, 15) is 4.79 Å². The van der Waals surface area contributed by atoms with Gasteiger partial charge in [-0.3, -0.25) is 4.79 Å². The van der Waals surface area contributed by atoms with Gasteiger partial charge in [-0.2, -0.15) is 0 Å². The van der Waals surface area contributed by atoms with Gasteiger partial charge in [0.15, 0.2) is 0 Å². The number of hydrogen-bond acceptors (Lipinski definition) is 2. The van der Waals surface area contributed by atoms with Gasteiger partial charge >= 0.3 is 5.97 Å². The third-order valence-corrected chi connectivity index (χ3v) is 4.73. The molecule has 0 aliphatic heterocycles. The number of carbonyl (C=O) groups is 1. The molecule has 0 heterocycles. The van der Waals surface area contributed by atoms with Crippen LogP contribution in [0.15, 0.2) is 66.7 Å². The molecule has 0 unspecified atom stereocenters. The summed E-state index contributed by atoms with van der Waals surface area (Å²) in [5, 5.41) is 11.2. The number of rotatable bonds is 10. The second kappa shape index (κ2) is 9.77. The van der Waals surface area contributed by atoms with Gasteiger partial charge in [-0.05, 0) is 53.3 Å². The van der Waals surface area contributed by atoms with E-state index in [1.807, 2.05) is 12.1 Å². The topological polar surface area (TPSA) is 46.5 Å². The number of carboxylic acid groups (broad SMARTS) is 1. The average molecular weight is 362 g/mol. The summed E-state index contributed by atoms with van der Waals surface area (Å²) in [6.45, 7) is 0.653. The number of ether oxygens (including phenoxy) is 1. The molecule has 0 spiro atoms. The van der Waals surface area contributed by atoms with Gasteiger partial charge in [0.2, 0.25) is 0 Å². The Morgan fingerprint density at radius 1 is 0.778 bits per heavy atom. The average Bonchev–Trinajstić information content (AvgIpc) is 2.68. The minimum atomic E-state index is -0.711. The van der Waals surface area contributed by atoms with Gasteiger partial charge < -0.3 is 9.84 Å². The maximum Gasteiger partial charge on any atom is 0.303 e. The Hall–Kier alpha value is -2.81. The highest BCUT2D eigenvalue weighted by Gasteiger charge is 2.01. The number of carboxylic acids is 1. The molecule has 0 bridgehead atoms. The molecule has 3 aromatic carbocycles. The van der Waals surface area contributed by atoms with Crippen molar-refractivity contribution >= 4 is 16.7 Å². The Morgan fingerprint density at radius 3 is 2.44 bits per heavy atom. The number of aryl methyl sites for hydroxylation is 1. The highest BCUT2D eigenvalue weighted by atomic mass is 16.5. The molecule has 0 radical (unpaired) electrons. The lowest BCUT2D eigenvalue weighted by Crippen LogP contribution is -2.01. The zero-order valence-electron chi connectivity index (χ0n) is 15.6. The Balaban J connectivity index is 1.45. The molecule has 3 heteroatoms. The van der Waals surface area contributed by atoms with Gasteiger partial charge in [0.05, 0.1) is 6.61 Å². The minimum Gasteiger partial charge on any atom is -0.493 e. The van der Waals surface area contributed by atoms with Crippen molar-refractivity contribution in [1.29, 1.82) is 0 Å². The molecular weight excluding hydrogens is 336 g/mol. The van der Waals surface area contributed by atoms with E-state index in [1.54, 1.807) is 0 Å². The summed E-state index contributed by atoms with van der Waals surface area (Å²) in [7, 11) is 0. The van der Waals surface area contributed by atoms with Crippen molar-refractivity contribution in [2.45, 2.75) is 38.5 Å². The predicted octanol–water partition coefficient (Wildman–Crippen LogP) is 5.65. The van der Waals surface area contributed by atoms with Crippen LogP contribution in [0.5, 0.6) is 5.75 Å². The lowest BCUT2D eigenvalue weighted by Gasteiger charge is -2.09. The van der Waals surface area contributed by atoms with E-state index >= 15 is 0 Å². The van der Waals surface area contributed by atoms with Gasteiger partial charge in [0, 0.05) is 12.8 Å². The SMILES string of the molecule is O=C(O)CCCCCc1cccc(OCCc2ccc3ccccc3c2)c1. The monoisotopic (exact) mass is 362 g/mol. The molecule has 3 nitrogen and oxygen atoms in total. The Bertz CT molecular complexity index is 885. The summed E-state index contributed by atoms with van der Waals surface area (Å²) < 4.78 is 5.94. The molecule has 0 aromatic heterocycles. The van der Waals surface area contributed by atoms with Crippen LogP contribution in [0.25, 0.3) is 10.8 Å². The first kappa shape index (κ1) is 19.0. The Morgan fingerprint density at radius 2 is 1.59 bits per heavy atom. The maximum absolute atomic E-state index is 10.5. The lowest BCUT2D eigenvalue weighted by molar-refractivity contribution is -0.137. The van der Waals surface area contributed by atoms with Crippen LogP contribution < -0.4 is 4.74 Å². The van der Waals surface area contributed by atoms with E-state index in [4.69, 9.17) is 9.84 Å². The third-order valence-electron chi connectivity index (χ3n) is 4.73. The number of fused-ring (bicyclic) bond motifs is 1. The summed E-state index contributed by atoms with van der Waals surface area (Å²) in [5.74, 6) is 0.190. The molecule has 140 valence electrons. The number of unbranched alkanes of at least 4 members (excludes halogenated alkanes) is 2. The first-order valence-electron chi connectivity index (χ1n) is 9.62. The predicted molar refractivity (Wildman–Crippen MR) is 109 cm³/mol. The van der Waals surface area contributed by atoms with Gasteiger partial charge in [-0.25, -0.2) is 0 Å². The Labute approximate surface area is 160 Å². The first-order valence-corrected chi connectivity index (χ1v) is 9.62. The summed E-state index contributed by atoms with van der Waals surface area (Å²) in [6.07, 6.45) is 4.80. The van der Waals surface area contributed by atoms with Crippen LogP contribution in [-0.2, 0) is 17.6 Å². The number of benzene rings is 3. The maximum atomic E-state index is 10.5. The molecule has 0 amide bonds. The van der Waals surface area contributed by atoms with Crippen LogP contribution in [0.1, 0.15) is 36.8 Å². The number of aliphatic carboxylic acids is 1. The summed E-state index contributed by atoms with van der Waals surface area (Å²) in [4.78, 5) is 10.5. The fourth-order valence-electron chi connectivity index (χ4n) is 3.25. The smallest absolute Gasteiger partial charge is 0.303 e. The van der Waals surface area contributed by atoms with E-state index in [-0.39, 0.29) is 6.42 Å². The van der Waals surface area contributed by atoms with Crippen LogP contribution in [0.4, 0.5) is 0 Å². The van der Waals surface area contributed by atoms with Crippen LogP contribution >= 0.6 is 0 Å². The molecule has 0 atom stereocenters. The molecule has 27 heavy (non-hydrogen) atoms. The summed E-state index contributed by atoms with van der Waals surface area (Å²) in [6, 6.07) is 23.2. The van der Waals surface area contributed by atoms with E-state index < -0.39 is 5.97 Å². The molecule has 0 fully saturated rings. The fraction of sp³-hybridized carbons (Fsp3) is 0.292. The van der Waals surface area contributed by atoms with Gasteiger partial charge in [0.25, 0.3) is 0 Å². The first-order chi connectivity index (χ1) is 13.2. The van der Waals surface area contributed by atoms with Crippen molar-refractivity contribution < 1.29 is 14.6 Å². The van der Waals surface area contributed by atoms with Crippen molar-refractivity contribution in [3.05, 3.63) is 77.9 Å². The number of hydrogen-bond donors (Lipinski definition) is 1. The van der Waals surface area contributed by atoms with E-state index in [0.717, 1.165) is 37.9 Å². The van der Waals surface area contributed by atoms with Crippen LogP contribution in [0.2, 0.25) is 0 Å². The second-order valence-corrected chi connectivity index (χ2v) is 6.88. The quantitative estimate of drug-likeness (QED) is 0.474. The normalized spacial score (nSPS) is 10.8. The Kier molecular flexibility index (Phi) is 6.86. The van der Waals surface area contributed by atoms with Gasteiger partial charge in [0.1, 0.15) is 5.75 Å².